The Kier molecular flexibility index (Phi) is 3.65. The summed E-state index contributed by atoms with van der Waals surface area (Å²) >= 11 is 1.65. The molecule has 0 bridgehead atoms. The van der Waals surface area contributed by atoms with Crippen molar-refractivity contribution < 1.29 is 4.74 Å². The summed E-state index contributed by atoms with van der Waals surface area (Å²) in [6, 6.07) is 0. The van der Waals surface area contributed by atoms with Crippen molar-refractivity contribution in [3.05, 3.63) is 16.1 Å². The predicted molar refractivity (Wildman–Crippen MR) is 50.3 cm³/mol. The Morgan fingerprint density at radius 3 is 3.08 bits per heavy atom. The Balaban J connectivity index is 2.63. The van der Waals surface area contributed by atoms with Crippen LogP contribution in [-0.4, -0.2) is 19.1 Å². The third kappa shape index (κ3) is 2.27. The van der Waals surface area contributed by atoms with Gasteiger partial charge in [0.05, 0.1) is 5.69 Å². The van der Waals surface area contributed by atoms with Gasteiger partial charge in [0.1, 0.15) is 11.1 Å². The predicted octanol–water partition coefficient (Wildman–Crippen LogP) is 1.57. The molecule has 0 fully saturated rings. The van der Waals surface area contributed by atoms with E-state index in [-0.39, 0.29) is 6.10 Å². The molecule has 3 nitrogen and oxygen atoms in total. The fraction of sp³-hybridized carbons (Fsp3) is 0.625. The molecule has 0 saturated carbocycles. The molecule has 0 spiro atoms. The Hall–Kier alpha value is -0.450. The van der Waals surface area contributed by atoms with Gasteiger partial charge in [-0.25, -0.2) is 4.98 Å². The molecule has 0 unspecified atom stereocenters. The SMILES string of the molecule is CNCc1csc([C@@H](C)OC)n1. The lowest BCUT2D eigenvalue weighted by atomic mass is 10.4. The van der Waals surface area contributed by atoms with E-state index in [1.54, 1.807) is 18.4 Å². The number of thiazole rings is 1. The van der Waals surface area contributed by atoms with Gasteiger partial charge in [-0.05, 0) is 14.0 Å². The minimum Gasteiger partial charge on any atom is -0.375 e. The Morgan fingerprint density at radius 2 is 2.50 bits per heavy atom. The van der Waals surface area contributed by atoms with E-state index in [1.807, 2.05) is 14.0 Å². The van der Waals surface area contributed by atoms with Gasteiger partial charge >= 0.3 is 0 Å². The van der Waals surface area contributed by atoms with Crippen molar-refractivity contribution in [2.75, 3.05) is 14.2 Å². The molecule has 1 rings (SSSR count). The highest BCUT2D eigenvalue weighted by atomic mass is 32.1. The Morgan fingerprint density at radius 1 is 1.75 bits per heavy atom. The van der Waals surface area contributed by atoms with Gasteiger partial charge in [-0.3, -0.25) is 0 Å². The maximum absolute atomic E-state index is 5.16. The van der Waals surface area contributed by atoms with E-state index in [0.29, 0.717) is 0 Å². The lowest BCUT2D eigenvalue weighted by molar-refractivity contribution is 0.119. The Bertz CT molecular complexity index is 237. The zero-order valence-corrected chi connectivity index (χ0v) is 8.44. The minimum absolute atomic E-state index is 0.112. The molecule has 1 aromatic rings. The van der Waals surface area contributed by atoms with Gasteiger partial charge in [-0.2, -0.15) is 0 Å². The fourth-order valence-corrected chi connectivity index (χ4v) is 1.72. The van der Waals surface area contributed by atoms with Gasteiger partial charge in [0.15, 0.2) is 0 Å². The largest absolute Gasteiger partial charge is 0.375 e. The van der Waals surface area contributed by atoms with E-state index >= 15 is 0 Å². The van der Waals surface area contributed by atoms with Crippen LogP contribution in [0.3, 0.4) is 0 Å². The maximum Gasteiger partial charge on any atom is 0.122 e. The first-order valence-electron chi connectivity index (χ1n) is 3.89. The van der Waals surface area contributed by atoms with E-state index in [9.17, 15) is 0 Å². The first-order chi connectivity index (χ1) is 5.77. The molecular weight excluding hydrogens is 172 g/mol. The highest BCUT2D eigenvalue weighted by molar-refractivity contribution is 7.09. The molecule has 0 aliphatic heterocycles. The second-order valence-electron chi connectivity index (χ2n) is 2.59. The number of ether oxygens (including phenoxy) is 1. The van der Waals surface area contributed by atoms with Gasteiger partial charge in [0, 0.05) is 19.0 Å². The molecule has 0 aromatic carbocycles. The lowest BCUT2D eigenvalue weighted by Crippen LogP contribution is -2.05. The lowest BCUT2D eigenvalue weighted by Gasteiger charge is -2.03. The summed E-state index contributed by atoms with van der Waals surface area (Å²) in [5.74, 6) is 0. The summed E-state index contributed by atoms with van der Waals surface area (Å²) in [6.45, 7) is 2.83. The van der Waals surface area contributed by atoms with Crippen LogP contribution >= 0.6 is 11.3 Å². The second-order valence-corrected chi connectivity index (χ2v) is 3.48. The molecule has 1 N–H and O–H groups in total. The third-order valence-corrected chi connectivity index (χ3v) is 2.68. The third-order valence-electron chi connectivity index (χ3n) is 1.63. The fourth-order valence-electron chi connectivity index (χ4n) is 0.872. The summed E-state index contributed by atoms with van der Waals surface area (Å²) < 4.78 is 5.16. The normalized spacial score (nSPS) is 13.2. The summed E-state index contributed by atoms with van der Waals surface area (Å²) in [7, 11) is 3.61. The molecule has 0 amide bonds. The van der Waals surface area contributed by atoms with Crippen molar-refractivity contribution in [2.45, 2.75) is 19.6 Å². The van der Waals surface area contributed by atoms with Crippen LogP contribution in [0.4, 0.5) is 0 Å². The zero-order valence-electron chi connectivity index (χ0n) is 7.63. The van der Waals surface area contributed by atoms with E-state index in [1.165, 1.54) is 0 Å². The van der Waals surface area contributed by atoms with Gasteiger partial charge in [-0.1, -0.05) is 0 Å². The molecule has 68 valence electrons. The molecule has 1 aromatic heterocycles. The molecule has 1 atom stereocenters. The monoisotopic (exact) mass is 186 g/mol. The van der Waals surface area contributed by atoms with E-state index < -0.39 is 0 Å². The first kappa shape index (κ1) is 9.64. The van der Waals surface area contributed by atoms with Crippen molar-refractivity contribution >= 4 is 11.3 Å². The second kappa shape index (κ2) is 4.54. The van der Waals surface area contributed by atoms with E-state index in [2.05, 4.69) is 15.7 Å². The smallest absolute Gasteiger partial charge is 0.122 e. The molecule has 12 heavy (non-hydrogen) atoms. The van der Waals surface area contributed by atoms with Crippen LogP contribution in [0.5, 0.6) is 0 Å². The van der Waals surface area contributed by atoms with Crippen molar-refractivity contribution in [1.82, 2.24) is 10.3 Å². The number of nitrogens with zero attached hydrogens (tertiary/aromatic N) is 1. The van der Waals surface area contributed by atoms with Crippen molar-refractivity contribution in [3.63, 3.8) is 0 Å². The van der Waals surface area contributed by atoms with Crippen molar-refractivity contribution in [1.29, 1.82) is 0 Å². The summed E-state index contributed by atoms with van der Waals surface area (Å²) in [6.07, 6.45) is 0.112. The van der Waals surface area contributed by atoms with E-state index in [4.69, 9.17) is 4.74 Å². The number of hydrogen-bond donors (Lipinski definition) is 1. The number of hydrogen-bond acceptors (Lipinski definition) is 4. The molecule has 0 saturated heterocycles. The number of rotatable bonds is 4. The van der Waals surface area contributed by atoms with Gasteiger partial charge < -0.3 is 10.1 Å². The molecule has 4 heteroatoms. The topological polar surface area (TPSA) is 34.1 Å². The van der Waals surface area contributed by atoms with Gasteiger partial charge in [-0.15, -0.1) is 11.3 Å². The summed E-state index contributed by atoms with van der Waals surface area (Å²) in [4.78, 5) is 4.40. The van der Waals surface area contributed by atoms with E-state index in [0.717, 1.165) is 17.2 Å². The van der Waals surface area contributed by atoms with Crippen molar-refractivity contribution in [3.8, 4) is 0 Å². The Labute approximate surface area is 76.8 Å². The standard InChI is InChI=1S/C8H14N2OS/c1-6(11-3)8-10-7(4-9-2)5-12-8/h5-6,9H,4H2,1-3H3/t6-/m1/s1. The zero-order chi connectivity index (χ0) is 8.97. The van der Waals surface area contributed by atoms with Crippen LogP contribution in [0, 0.1) is 0 Å². The molecular formula is C8H14N2OS. The van der Waals surface area contributed by atoms with Gasteiger partial charge in [0.25, 0.3) is 0 Å². The number of methoxy groups -OCH3 is 1. The van der Waals surface area contributed by atoms with Gasteiger partial charge in [0.2, 0.25) is 0 Å². The molecule has 1 heterocycles. The van der Waals surface area contributed by atoms with Crippen LogP contribution in [0.25, 0.3) is 0 Å². The summed E-state index contributed by atoms with van der Waals surface area (Å²) in [5.41, 5.74) is 1.08. The van der Waals surface area contributed by atoms with Crippen LogP contribution in [-0.2, 0) is 11.3 Å². The molecule has 0 radical (unpaired) electrons. The quantitative estimate of drug-likeness (QED) is 0.775. The number of aromatic nitrogens is 1. The average molecular weight is 186 g/mol. The van der Waals surface area contributed by atoms with Crippen LogP contribution in [0.15, 0.2) is 5.38 Å². The highest BCUT2D eigenvalue weighted by Crippen LogP contribution is 2.19. The maximum atomic E-state index is 5.16. The summed E-state index contributed by atoms with van der Waals surface area (Å²) in [5, 5.41) is 6.16. The molecule has 0 aliphatic carbocycles. The van der Waals surface area contributed by atoms with Crippen LogP contribution in [0.1, 0.15) is 23.7 Å². The first-order valence-corrected chi connectivity index (χ1v) is 4.77. The van der Waals surface area contributed by atoms with Crippen LogP contribution < -0.4 is 5.32 Å². The van der Waals surface area contributed by atoms with Crippen molar-refractivity contribution in [2.24, 2.45) is 0 Å². The highest BCUT2D eigenvalue weighted by Gasteiger charge is 2.08. The minimum atomic E-state index is 0.112. The van der Waals surface area contributed by atoms with Crippen LogP contribution in [0.2, 0.25) is 0 Å². The molecule has 0 aliphatic rings. The average Bonchev–Trinajstić information content (AvgIpc) is 2.52. The number of nitrogens with one attached hydrogen (secondary N) is 1.